The minimum absolute atomic E-state index is 0.0863. The van der Waals surface area contributed by atoms with Crippen LogP contribution < -0.4 is 0 Å². The Bertz CT molecular complexity index is 610. The van der Waals surface area contributed by atoms with Crippen molar-refractivity contribution < 1.29 is 14.7 Å². The van der Waals surface area contributed by atoms with Crippen LogP contribution in [-0.4, -0.2) is 35.0 Å². The van der Waals surface area contributed by atoms with Gasteiger partial charge in [0.1, 0.15) is 0 Å². The third kappa shape index (κ3) is 3.09. The standard InChI is InChI=1S/C18H22ClNO3/c19-15-7-3-6-14(11-15)18(8-1-2-9-18)17(23)20-10-4-5-13(12-20)16(21)22/h3,6-7,11,13H,1-2,4-5,8-10,12H2,(H,21,22). The van der Waals surface area contributed by atoms with Crippen molar-refractivity contribution in [3.8, 4) is 0 Å². The second-order valence-electron chi connectivity index (χ2n) is 6.73. The van der Waals surface area contributed by atoms with Crippen LogP contribution in [0.25, 0.3) is 0 Å². The Balaban J connectivity index is 1.89. The Labute approximate surface area is 141 Å². The second kappa shape index (κ2) is 6.52. The third-order valence-corrected chi connectivity index (χ3v) is 5.54. The van der Waals surface area contributed by atoms with Gasteiger partial charge in [0.05, 0.1) is 11.3 Å². The Morgan fingerprint density at radius 1 is 1.22 bits per heavy atom. The number of piperidine rings is 1. The first-order chi connectivity index (χ1) is 11.0. The van der Waals surface area contributed by atoms with Crippen LogP contribution in [0.3, 0.4) is 0 Å². The predicted octanol–water partition coefficient (Wildman–Crippen LogP) is 3.48. The lowest BCUT2D eigenvalue weighted by Gasteiger charge is -2.38. The number of carboxylic acids is 1. The topological polar surface area (TPSA) is 57.6 Å². The molecule has 0 aromatic heterocycles. The van der Waals surface area contributed by atoms with Gasteiger partial charge in [-0.25, -0.2) is 0 Å². The molecule has 1 aromatic carbocycles. The summed E-state index contributed by atoms with van der Waals surface area (Å²) in [6.07, 6.45) is 5.10. The van der Waals surface area contributed by atoms with Crippen molar-refractivity contribution in [2.45, 2.75) is 43.9 Å². The zero-order chi connectivity index (χ0) is 16.4. The molecule has 1 aromatic rings. The van der Waals surface area contributed by atoms with Crippen molar-refractivity contribution in [2.24, 2.45) is 5.92 Å². The van der Waals surface area contributed by atoms with Crippen molar-refractivity contribution in [3.63, 3.8) is 0 Å². The number of hydrogen-bond acceptors (Lipinski definition) is 2. The summed E-state index contributed by atoms with van der Waals surface area (Å²) in [4.78, 5) is 26.3. The van der Waals surface area contributed by atoms with Crippen LogP contribution in [0.5, 0.6) is 0 Å². The van der Waals surface area contributed by atoms with Crippen molar-refractivity contribution in [1.82, 2.24) is 4.90 Å². The van der Waals surface area contributed by atoms with Crippen molar-refractivity contribution in [2.75, 3.05) is 13.1 Å². The molecule has 23 heavy (non-hydrogen) atoms. The van der Waals surface area contributed by atoms with Crippen molar-refractivity contribution in [3.05, 3.63) is 34.9 Å². The molecule has 1 unspecified atom stereocenters. The van der Waals surface area contributed by atoms with Crippen LogP contribution in [-0.2, 0) is 15.0 Å². The summed E-state index contributed by atoms with van der Waals surface area (Å²) in [6.45, 7) is 0.988. The monoisotopic (exact) mass is 335 g/mol. The highest BCUT2D eigenvalue weighted by Gasteiger charge is 2.46. The zero-order valence-corrected chi connectivity index (χ0v) is 13.9. The summed E-state index contributed by atoms with van der Waals surface area (Å²) >= 11 is 6.14. The first-order valence-corrected chi connectivity index (χ1v) is 8.69. The number of aliphatic carboxylic acids is 1. The molecule has 1 amide bonds. The van der Waals surface area contributed by atoms with Crippen LogP contribution in [0.4, 0.5) is 0 Å². The van der Waals surface area contributed by atoms with Crippen LogP contribution in [0.2, 0.25) is 5.02 Å². The van der Waals surface area contributed by atoms with Gasteiger partial charge in [-0.15, -0.1) is 0 Å². The van der Waals surface area contributed by atoms with Gasteiger partial charge in [0, 0.05) is 18.1 Å². The average molecular weight is 336 g/mol. The molecule has 4 nitrogen and oxygen atoms in total. The van der Waals surface area contributed by atoms with E-state index in [1.807, 2.05) is 24.3 Å². The largest absolute Gasteiger partial charge is 0.481 e. The van der Waals surface area contributed by atoms with Crippen molar-refractivity contribution >= 4 is 23.5 Å². The smallest absolute Gasteiger partial charge is 0.308 e. The molecule has 1 N–H and O–H groups in total. The first kappa shape index (κ1) is 16.3. The van der Waals surface area contributed by atoms with E-state index in [1.54, 1.807) is 4.90 Å². The predicted molar refractivity (Wildman–Crippen MR) is 88.5 cm³/mol. The number of carbonyl (C=O) groups excluding carboxylic acids is 1. The van der Waals surface area contributed by atoms with E-state index in [0.717, 1.165) is 37.7 Å². The van der Waals surface area contributed by atoms with E-state index >= 15 is 0 Å². The summed E-state index contributed by atoms with van der Waals surface area (Å²) in [5.74, 6) is -1.15. The molecule has 1 heterocycles. The molecule has 2 fully saturated rings. The van der Waals surface area contributed by atoms with Gasteiger partial charge >= 0.3 is 5.97 Å². The molecule has 1 saturated carbocycles. The van der Waals surface area contributed by atoms with E-state index in [1.165, 1.54) is 0 Å². The summed E-state index contributed by atoms with van der Waals surface area (Å²) in [5.41, 5.74) is 0.454. The average Bonchev–Trinajstić information content (AvgIpc) is 3.05. The highest BCUT2D eigenvalue weighted by molar-refractivity contribution is 6.30. The van der Waals surface area contributed by atoms with Crippen LogP contribution in [0, 0.1) is 5.92 Å². The van der Waals surface area contributed by atoms with Crippen LogP contribution in [0.1, 0.15) is 44.1 Å². The Hall–Kier alpha value is -1.55. The molecule has 3 rings (SSSR count). The summed E-state index contributed by atoms with van der Waals surface area (Å²) in [5, 5.41) is 9.91. The molecule has 1 aliphatic heterocycles. The van der Waals surface area contributed by atoms with Gasteiger partial charge in [-0.2, -0.15) is 0 Å². The minimum Gasteiger partial charge on any atom is -0.481 e. The zero-order valence-electron chi connectivity index (χ0n) is 13.1. The fraction of sp³-hybridized carbons (Fsp3) is 0.556. The van der Waals surface area contributed by atoms with Crippen molar-refractivity contribution in [1.29, 1.82) is 0 Å². The fourth-order valence-electron chi connectivity index (χ4n) is 4.06. The normalized spacial score (nSPS) is 23.7. The number of carboxylic acid groups (broad SMARTS) is 1. The lowest BCUT2D eigenvalue weighted by atomic mass is 9.77. The number of nitrogens with zero attached hydrogens (tertiary/aromatic N) is 1. The third-order valence-electron chi connectivity index (χ3n) is 5.30. The quantitative estimate of drug-likeness (QED) is 0.920. The molecule has 0 radical (unpaired) electrons. The summed E-state index contributed by atoms with van der Waals surface area (Å²) < 4.78 is 0. The Kier molecular flexibility index (Phi) is 4.62. The summed E-state index contributed by atoms with van der Waals surface area (Å²) in [7, 11) is 0. The van der Waals surface area contributed by atoms with Gasteiger partial charge < -0.3 is 10.0 Å². The van der Waals surface area contributed by atoms with Gasteiger partial charge in [0.2, 0.25) is 5.91 Å². The maximum atomic E-state index is 13.3. The lowest BCUT2D eigenvalue weighted by Crippen LogP contribution is -2.50. The number of carbonyl (C=O) groups is 2. The maximum absolute atomic E-state index is 13.3. The van der Waals surface area contributed by atoms with Gasteiger partial charge in [0.15, 0.2) is 0 Å². The number of amides is 1. The van der Waals surface area contributed by atoms with Crippen LogP contribution >= 0.6 is 11.6 Å². The number of likely N-dealkylation sites (tertiary alicyclic amines) is 1. The number of halogens is 1. The minimum atomic E-state index is -0.800. The molecule has 2 aliphatic rings. The van der Waals surface area contributed by atoms with Gasteiger partial charge in [0.25, 0.3) is 0 Å². The molecule has 0 spiro atoms. The SMILES string of the molecule is O=C(O)C1CCCN(C(=O)C2(c3cccc(Cl)c3)CCCC2)C1. The van der Waals surface area contributed by atoms with E-state index in [9.17, 15) is 14.7 Å². The second-order valence-corrected chi connectivity index (χ2v) is 7.16. The molecule has 5 heteroatoms. The molecular formula is C18H22ClNO3. The molecule has 124 valence electrons. The Morgan fingerprint density at radius 3 is 2.61 bits per heavy atom. The lowest BCUT2D eigenvalue weighted by molar-refractivity contribution is -0.147. The van der Waals surface area contributed by atoms with Gasteiger partial charge in [-0.3, -0.25) is 9.59 Å². The van der Waals surface area contributed by atoms with Gasteiger partial charge in [-0.1, -0.05) is 36.6 Å². The molecule has 1 saturated heterocycles. The fourth-order valence-corrected chi connectivity index (χ4v) is 4.25. The number of rotatable bonds is 3. The number of benzene rings is 1. The number of hydrogen-bond donors (Lipinski definition) is 1. The first-order valence-electron chi connectivity index (χ1n) is 8.31. The van der Waals surface area contributed by atoms with Crippen LogP contribution in [0.15, 0.2) is 24.3 Å². The molecule has 1 atom stereocenters. The summed E-state index contributed by atoms with van der Waals surface area (Å²) in [6, 6.07) is 7.58. The van der Waals surface area contributed by atoms with E-state index in [-0.39, 0.29) is 5.91 Å². The van der Waals surface area contributed by atoms with E-state index < -0.39 is 17.3 Å². The molecule has 1 aliphatic carbocycles. The Morgan fingerprint density at radius 2 is 1.96 bits per heavy atom. The van der Waals surface area contributed by atoms with E-state index in [4.69, 9.17) is 11.6 Å². The molecular weight excluding hydrogens is 314 g/mol. The highest BCUT2D eigenvalue weighted by Crippen LogP contribution is 2.43. The van der Waals surface area contributed by atoms with E-state index in [2.05, 4.69) is 0 Å². The van der Waals surface area contributed by atoms with Gasteiger partial charge in [-0.05, 0) is 43.4 Å². The van der Waals surface area contributed by atoms with E-state index in [0.29, 0.717) is 24.5 Å². The molecule has 0 bridgehead atoms. The maximum Gasteiger partial charge on any atom is 0.308 e. The highest BCUT2D eigenvalue weighted by atomic mass is 35.5.